The molecule has 5 nitrogen and oxygen atoms in total. The number of para-hydroxylation sites is 1. The molecule has 0 saturated carbocycles. The zero-order valence-electron chi connectivity index (χ0n) is 9.76. The monoisotopic (exact) mass is 236 g/mol. The molecule has 1 aliphatic rings. The highest BCUT2D eigenvalue weighted by atomic mass is 16.6. The largest absolute Gasteiger partial charge is 0.496 e. The number of nitrogens with zero attached hydrogens (tertiary/aromatic N) is 1. The molecule has 5 heteroatoms. The van der Waals surface area contributed by atoms with E-state index in [-0.39, 0.29) is 12.2 Å². The van der Waals surface area contributed by atoms with Crippen LogP contribution >= 0.6 is 0 Å². The molecule has 2 N–H and O–H groups in total. The molecule has 17 heavy (non-hydrogen) atoms. The molecule has 92 valence electrons. The number of hydrogen-bond acceptors (Lipinski definition) is 4. The van der Waals surface area contributed by atoms with Gasteiger partial charge in [0.15, 0.2) is 0 Å². The van der Waals surface area contributed by atoms with Gasteiger partial charge in [-0.05, 0) is 6.07 Å². The van der Waals surface area contributed by atoms with Crippen LogP contribution in [0.5, 0.6) is 5.75 Å². The molecule has 1 aromatic carbocycles. The van der Waals surface area contributed by atoms with Gasteiger partial charge in [0.05, 0.1) is 20.2 Å². The smallest absolute Gasteiger partial charge is 0.410 e. The molecular weight excluding hydrogens is 220 g/mol. The van der Waals surface area contributed by atoms with Crippen molar-refractivity contribution in [1.29, 1.82) is 0 Å². The second-order valence-corrected chi connectivity index (χ2v) is 3.93. The van der Waals surface area contributed by atoms with Crippen molar-refractivity contribution in [3.8, 4) is 5.75 Å². The summed E-state index contributed by atoms with van der Waals surface area (Å²) in [5.41, 5.74) is 6.44. The van der Waals surface area contributed by atoms with Gasteiger partial charge in [-0.3, -0.25) is 4.90 Å². The molecule has 0 aromatic heterocycles. The third-order valence-corrected chi connectivity index (χ3v) is 2.77. The number of ether oxygens (including phenoxy) is 2. The van der Waals surface area contributed by atoms with Gasteiger partial charge in [-0.25, -0.2) is 4.79 Å². The maximum atomic E-state index is 11.6. The summed E-state index contributed by atoms with van der Waals surface area (Å²) >= 11 is 0. The highest BCUT2D eigenvalue weighted by Crippen LogP contribution is 2.21. The molecule has 1 heterocycles. The Bertz CT molecular complexity index is 408. The van der Waals surface area contributed by atoms with Crippen molar-refractivity contribution in [2.24, 2.45) is 5.73 Å². The van der Waals surface area contributed by atoms with Crippen LogP contribution in [0.25, 0.3) is 0 Å². The van der Waals surface area contributed by atoms with E-state index in [0.717, 1.165) is 11.3 Å². The van der Waals surface area contributed by atoms with E-state index in [1.807, 2.05) is 24.3 Å². The minimum absolute atomic E-state index is 0.197. The lowest BCUT2D eigenvalue weighted by atomic mass is 10.2. The number of carbonyl (C=O) groups is 1. The lowest BCUT2D eigenvalue weighted by molar-refractivity contribution is 0.134. The normalized spacial score (nSPS) is 19.3. The van der Waals surface area contributed by atoms with E-state index in [2.05, 4.69) is 0 Å². The molecule has 1 aromatic rings. The Labute approximate surface area is 100 Å². The quantitative estimate of drug-likeness (QED) is 0.846. The van der Waals surface area contributed by atoms with Crippen molar-refractivity contribution >= 4 is 6.09 Å². The summed E-state index contributed by atoms with van der Waals surface area (Å²) in [5, 5.41) is 0. The highest BCUT2D eigenvalue weighted by Gasteiger charge is 2.30. The standard InChI is InChI=1S/C12H16N2O3/c1-16-11-5-3-2-4-9(11)7-14-8-10(6-13)17-12(14)15/h2-5,10H,6-8,13H2,1H3. The van der Waals surface area contributed by atoms with Gasteiger partial charge in [0, 0.05) is 12.1 Å². The molecule has 0 radical (unpaired) electrons. The predicted octanol–water partition coefficient (Wildman–Crippen LogP) is 0.975. The summed E-state index contributed by atoms with van der Waals surface area (Å²) in [5.74, 6) is 0.775. The Balaban J connectivity index is 2.08. The summed E-state index contributed by atoms with van der Waals surface area (Å²) in [6.45, 7) is 1.38. The van der Waals surface area contributed by atoms with Crippen molar-refractivity contribution in [3.63, 3.8) is 0 Å². The first-order chi connectivity index (χ1) is 8.24. The van der Waals surface area contributed by atoms with E-state index in [0.29, 0.717) is 19.6 Å². The average Bonchev–Trinajstić information content (AvgIpc) is 2.71. The fraction of sp³-hybridized carbons (Fsp3) is 0.417. The molecule has 1 aliphatic heterocycles. The molecule has 1 atom stereocenters. The third kappa shape index (κ3) is 2.50. The molecule has 2 rings (SSSR count). The molecule has 1 unspecified atom stereocenters. The van der Waals surface area contributed by atoms with Gasteiger partial charge in [-0.1, -0.05) is 18.2 Å². The third-order valence-electron chi connectivity index (χ3n) is 2.77. The number of carbonyl (C=O) groups excluding carboxylic acids is 1. The number of rotatable bonds is 4. The van der Waals surface area contributed by atoms with Crippen LogP contribution in [0.4, 0.5) is 4.79 Å². The van der Waals surface area contributed by atoms with Crippen molar-refractivity contribution in [1.82, 2.24) is 4.90 Å². The number of methoxy groups -OCH3 is 1. The Hall–Kier alpha value is -1.75. The first-order valence-corrected chi connectivity index (χ1v) is 5.52. The molecular formula is C12H16N2O3. The molecule has 1 amide bonds. The van der Waals surface area contributed by atoms with Gasteiger partial charge in [0.1, 0.15) is 11.9 Å². The van der Waals surface area contributed by atoms with Gasteiger partial charge >= 0.3 is 6.09 Å². The van der Waals surface area contributed by atoms with Crippen molar-refractivity contribution < 1.29 is 14.3 Å². The first-order valence-electron chi connectivity index (χ1n) is 5.52. The summed E-state index contributed by atoms with van der Waals surface area (Å²) in [6.07, 6.45) is -0.511. The summed E-state index contributed by atoms with van der Waals surface area (Å²) < 4.78 is 10.3. The van der Waals surface area contributed by atoms with Gasteiger partial charge in [0.2, 0.25) is 0 Å². The number of cyclic esters (lactones) is 1. The minimum atomic E-state index is -0.314. The lowest BCUT2D eigenvalue weighted by Gasteiger charge is -2.15. The van der Waals surface area contributed by atoms with Crippen LogP contribution in [0, 0.1) is 0 Å². The zero-order valence-corrected chi connectivity index (χ0v) is 9.76. The van der Waals surface area contributed by atoms with Crippen molar-refractivity contribution in [2.75, 3.05) is 20.2 Å². The van der Waals surface area contributed by atoms with E-state index >= 15 is 0 Å². The molecule has 1 saturated heterocycles. The Kier molecular flexibility index (Phi) is 3.49. The van der Waals surface area contributed by atoms with Crippen LogP contribution in [-0.4, -0.2) is 37.3 Å². The lowest BCUT2D eigenvalue weighted by Crippen LogP contribution is -2.27. The van der Waals surface area contributed by atoms with E-state index in [1.54, 1.807) is 12.0 Å². The SMILES string of the molecule is COc1ccccc1CN1CC(CN)OC1=O. The molecule has 0 spiro atoms. The Morgan fingerprint density at radius 2 is 2.29 bits per heavy atom. The first kappa shape index (κ1) is 11.7. The highest BCUT2D eigenvalue weighted by molar-refractivity contribution is 5.70. The Morgan fingerprint density at radius 3 is 2.94 bits per heavy atom. The van der Waals surface area contributed by atoms with E-state index < -0.39 is 0 Å². The van der Waals surface area contributed by atoms with E-state index in [9.17, 15) is 4.79 Å². The number of hydrogen-bond donors (Lipinski definition) is 1. The predicted molar refractivity (Wildman–Crippen MR) is 62.7 cm³/mol. The number of amides is 1. The van der Waals surface area contributed by atoms with Gasteiger partial charge in [-0.15, -0.1) is 0 Å². The van der Waals surface area contributed by atoms with Crippen LogP contribution in [0.1, 0.15) is 5.56 Å². The maximum absolute atomic E-state index is 11.6. The van der Waals surface area contributed by atoms with Crippen LogP contribution in [0.15, 0.2) is 24.3 Å². The summed E-state index contributed by atoms with van der Waals surface area (Å²) in [7, 11) is 1.61. The summed E-state index contributed by atoms with van der Waals surface area (Å²) in [6, 6.07) is 7.62. The van der Waals surface area contributed by atoms with Crippen molar-refractivity contribution in [2.45, 2.75) is 12.6 Å². The van der Waals surface area contributed by atoms with Gasteiger partial charge in [-0.2, -0.15) is 0 Å². The van der Waals surface area contributed by atoms with E-state index in [1.165, 1.54) is 0 Å². The fourth-order valence-corrected chi connectivity index (χ4v) is 1.87. The number of benzene rings is 1. The van der Waals surface area contributed by atoms with Gasteiger partial charge in [0.25, 0.3) is 0 Å². The van der Waals surface area contributed by atoms with Crippen molar-refractivity contribution in [3.05, 3.63) is 29.8 Å². The van der Waals surface area contributed by atoms with Crippen LogP contribution in [-0.2, 0) is 11.3 Å². The minimum Gasteiger partial charge on any atom is -0.496 e. The van der Waals surface area contributed by atoms with E-state index in [4.69, 9.17) is 15.2 Å². The molecule has 1 fully saturated rings. The van der Waals surface area contributed by atoms with Crippen LogP contribution in [0.3, 0.4) is 0 Å². The van der Waals surface area contributed by atoms with Crippen LogP contribution in [0.2, 0.25) is 0 Å². The zero-order chi connectivity index (χ0) is 12.3. The maximum Gasteiger partial charge on any atom is 0.410 e. The second kappa shape index (κ2) is 5.05. The van der Waals surface area contributed by atoms with Crippen LogP contribution < -0.4 is 10.5 Å². The number of nitrogens with two attached hydrogens (primary N) is 1. The fourth-order valence-electron chi connectivity index (χ4n) is 1.87. The second-order valence-electron chi connectivity index (χ2n) is 3.93. The molecule has 0 bridgehead atoms. The summed E-state index contributed by atoms with van der Waals surface area (Å²) in [4.78, 5) is 13.2. The average molecular weight is 236 g/mol. The molecule has 0 aliphatic carbocycles. The van der Waals surface area contributed by atoms with Gasteiger partial charge < -0.3 is 15.2 Å². The topological polar surface area (TPSA) is 64.8 Å². The Morgan fingerprint density at radius 1 is 1.53 bits per heavy atom.